The van der Waals surface area contributed by atoms with E-state index < -0.39 is 5.54 Å². The molecule has 1 aromatic rings. The summed E-state index contributed by atoms with van der Waals surface area (Å²) in [5.74, 6) is -0.322. The molecule has 98 valence electrons. The summed E-state index contributed by atoms with van der Waals surface area (Å²) >= 11 is 5.94. The van der Waals surface area contributed by atoms with Crippen LogP contribution in [0.2, 0.25) is 5.02 Å². The first-order valence-corrected chi connectivity index (χ1v) is 6.70. The number of esters is 1. The van der Waals surface area contributed by atoms with Crippen LogP contribution in [0.3, 0.4) is 0 Å². The van der Waals surface area contributed by atoms with Gasteiger partial charge in [-0.1, -0.05) is 31.0 Å². The van der Waals surface area contributed by atoms with Crippen molar-refractivity contribution in [2.24, 2.45) is 5.73 Å². The predicted octanol–water partition coefficient (Wildman–Crippen LogP) is 2.78. The van der Waals surface area contributed by atoms with Crippen molar-refractivity contribution in [1.82, 2.24) is 0 Å². The zero-order chi connectivity index (χ0) is 13.2. The van der Waals surface area contributed by atoms with E-state index >= 15 is 0 Å². The van der Waals surface area contributed by atoms with Crippen molar-refractivity contribution in [1.29, 1.82) is 0 Å². The van der Waals surface area contributed by atoms with Crippen LogP contribution >= 0.6 is 11.6 Å². The lowest BCUT2D eigenvalue weighted by Gasteiger charge is -2.23. The molecule has 0 aromatic heterocycles. The SMILES string of the molecule is CCCCOC(=O)[C@]1(N)CCc2cc(Cl)ccc21. The molecule has 0 amide bonds. The third-order valence-corrected chi connectivity index (χ3v) is 3.67. The van der Waals surface area contributed by atoms with E-state index in [0.29, 0.717) is 18.1 Å². The largest absolute Gasteiger partial charge is 0.464 e. The second kappa shape index (κ2) is 5.29. The Labute approximate surface area is 112 Å². The molecule has 0 saturated heterocycles. The molecule has 0 heterocycles. The Hall–Kier alpha value is -1.06. The molecule has 0 fully saturated rings. The summed E-state index contributed by atoms with van der Waals surface area (Å²) in [6.45, 7) is 2.50. The lowest BCUT2D eigenvalue weighted by molar-refractivity contribution is -0.150. The predicted molar refractivity (Wildman–Crippen MR) is 71.5 cm³/mol. The fourth-order valence-electron chi connectivity index (χ4n) is 2.32. The monoisotopic (exact) mass is 267 g/mol. The minimum Gasteiger partial charge on any atom is -0.464 e. The molecule has 1 aliphatic rings. The number of unbranched alkanes of at least 4 members (excludes halogenated alkanes) is 1. The van der Waals surface area contributed by atoms with Crippen LogP contribution in [0, 0.1) is 0 Å². The summed E-state index contributed by atoms with van der Waals surface area (Å²) in [6.07, 6.45) is 3.23. The van der Waals surface area contributed by atoms with Gasteiger partial charge in [-0.15, -0.1) is 0 Å². The van der Waals surface area contributed by atoms with Gasteiger partial charge < -0.3 is 10.5 Å². The molecule has 4 heteroatoms. The van der Waals surface area contributed by atoms with Gasteiger partial charge in [-0.2, -0.15) is 0 Å². The number of fused-ring (bicyclic) bond motifs is 1. The summed E-state index contributed by atoms with van der Waals surface area (Å²) < 4.78 is 5.26. The van der Waals surface area contributed by atoms with E-state index in [1.807, 2.05) is 12.1 Å². The van der Waals surface area contributed by atoms with E-state index in [1.54, 1.807) is 6.07 Å². The molecule has 2 rings (SSSR count). The molecule has 3 nitrogen and oxygen atoms in total. The van der Waals surface area contributed by atoms with E-state index in [4.69, 9.17) is 22.1 Å². The first-order chi connectivity index (χ1) is 8.58. The van der Waals surface area contributed by atoms with Gasteiger partial charge in [0.15, 0.2) is 0 Å². The summed E-state index contributed by atoms with van der Waals surface area (Å²) in [5.41, 5.74) is 7.14. The summed E-state index contributed by atoms with van der Waals surface area (Å²) in [6, 6.07) is 5.49. The topological polar surface area (TPSA) is 52.3 Å². The molecule has 18 heavy (non-hydrogen) atoms. The molecule has 0 saturated carbocycles. The second-order valence-corrected chi connectivity index (χ2v) is 5.20. The molecule has 0 aliphatic heterocycles. The Kier molecular flexibility index (Phi) is 3.93. The van der Waals surface area contributed by atoms with Crippen LogP contribution in [0.25, 0.3) is 0 Å². The number of rotatable bonds is 4. The van der Waals surface area contributed by atoms with Crippen molar-refractivity contribution in [2.75, 3.05) is 6.61 Å². The molecule has 0 bridgehead atoms. The molecule has 0 radical (unpaired) electrons. The highest BCUT2D eigenvalue weighted by Gasteiger charge is 2.43. The lowest BCUT2D eigenvalue weighted by Crippen LogP contribution is -2.44. The first kappa shape index (κ1) is 13.4. The lowest BCUT2D eigenvalue weighted by atomic mass is 9.93. The van der Waals surface area contributed by atoms with E-state index in [0.717, 1.165) is 30.4 Å². The number of benzene rings is 1. The van der Waals surface area contributed by atoms with Gasteiger partial charge in [0.2, 0.25) is 0 Å². The van der Waals surface area contributed by atoms with Gasteiger partial charge in [-0.25, -0.2) is 4.79 Å². The fraction of sp³-hybridized carbons (Fsp3) is 0.500. The molecule has 0 unspecified atom stereocenters. The van der Waals surface area contributed by atoms with Crippen LogP contribution in [-0.2, 0) is 21.5 Å². The number of ether oxygens (including phenoxy) is 1. The number of aryl methyl sites for hydroxylation is 1. The van der Waals surface area contributed by atoms with Crippen LogP contribution in [-0.4, -0.2) is 12.6 Å². The molecule has 2 N–H and O–H groups in total. The standard InChI is InChI=1S/C14H18ClNO2/c1-2-3-8-18-13(17)14(16)7-6-10-9-11(15)4-5-12(10)14/h4-5,9H,2-3,6-8,16H2,1H3/t14-/m0/s1. The van der Waals surface area contributed by atoms with Crippen LogP contribution in [0.15, 0.2) is 18.2 Å². The maximum absolute atomic E-state index is 12.1. The Morgan fingerprint density at radius 1 is 1.56 bits per heavy atom. The van der Waals surface area contributed by atoms with Crippen molar-refractivity contribution in [3.63, 3.8) is 0 Å². The number of halogens is 1. The summed E-state index contributed by atoms with van der Waals surface area (Å²) in [7, 11) is 0. The Bertz CT molecular complexity index is 461. The van der Waals surface area contributed by atoms with Gasteiger partial charge >= 0.3 is 5.97 Å². The third kappa shape index (κ3) is 2.38. The van der Waals surface area contributed by atoms with Gasteiger partial charge in [-0.3, -0.25) is 0 Å². The normalized spacial score (nSPS) is 21.7. The van der Waals surface area contributed by atoms with Gasteiger partial charge in [0.1, 0.15) is 5.54 Å². The molecule has 0 spiro atoms. The van der Waals surface area contributed by atoms with E-state index in [2.05, 4.69) is 6.92 Å². The highest BCUT2D eigenvalue weighted by atomic mass is 35.5. The van der Waals surface area contributed by atoms with Crippen LogP contribution in [0.4, 0.5) is 0 Å². The van der Waals surface area contributed by atoms with Gasteiger partial charge in [0, 0.05) is 5.02 Å². The Morgan fingerprint density at radius 2 is 2.33 bits per heavy atom. The molecule has 1 atom stereocenters. The van der Waals surface area contributed by atoms with E-state index in [-0.39, 0.29) is 5.97 Å². The minimum atomic E-state index is -0.992. The smallest absolute Gasteiger partial charge is 0.330 e. The van der Waals surface area contributed by atoms with Crippen LogP contribution < -0.4 is 5.73 Å². The first-order valence-electron chi connectivity index (χ1n) is 6.33. The zero-order valence-corrected chi connectivity index (χ0v) is 11.3. The number of carbonyl (C=O) groups is 1. The van der Waals surface area contributed by atoms with Crippen molar-refractivity contribution in [3.8, 4) is 0 Å². The molecule has 1 aliphatic carbocycles. The molecular formula is C14H18ClNO2. The van der Waals surface area contributed by atoms with E-state index in [9.17, 15) is 4.79 Å². The Balaban J connectivity index is 2.17. The molecule has 1 aromatic carbocycles. The van der Waals surface area contributed by atoms with Crippen molar-refractivity contribution in [2.45, 2.75) is 38.1 Å². The van der Waals surface area contributed by atoms with Crippen LogP contribution in [0.1, 0.15) is 37.3 Å². The minimum absolute atomic E-state index is 0.322. The van der Waals surface area contributed by atoms with Crippen molar-refractivity contribution in [3.05, 3.63) is 34.3 Å². The quantitative estimate of drug-likeness (QED) is 0.674. The summed E-state index contributed by atoms with van der Waals surface area (Å²) in [5, 5.41) is 0.678. The number of hydrogen-bond donors (Lipinski definition) is 1. The van der Waals surface area contributed by atoms with Gasteiger partial charge in [0.25, 0.3) is 0 Å². The number of nitrogens with two attached hydrogens (primary N) is 1. The fourth-order valence-corrected chi connectivity index (χ4v) is 2.52. The maximum Gasteiger partial charge on any atom is 0.330 e. The molecular weight excluding hydrogens is 250 g/mol. The van der Waals surface area contributed by atoms with Gasteiger partial charge in [-0.05, 0) is 42.5 Å². The zero-order valence-electron chi connectivity index (χ0n) is 10.5. The highest BCUT2D eigenvalue weighted by molar-refractivity contribution is 6.30. The average molecular weight is 268 g/mol. The van der Waals surface area contributed by atoms with Crippen LogP contribution in [0.5, 0.6) is 0 Å². The van der Waals surface area contributed by atoms with Crippen molar-refractivity contribution >= 4 is 17.6 Å². The van der Waals surface area contributed by atoms with Crippen molar-refractivity contribution < 1.29 is 9.53 Å². The van der Waals surface area contributed by atoms with E-state index in [1.165, 1.54) is 0 Å². The maximum atomic E-state index is 12.1. The van der Waals surface area contributed by atoms with Gasteiger partial charge in [0.05, 0.1) is 6.61 Å². The average Bonchev–Trinajstić information content (AvgIpc) is 2.68. The highest BCUT2D eigenvalue weighted by Crippen LogP contribution is 2.37. The Morgan fingerprint density at radius 3 is 3.06 bits per heavy atom. The third-order valence-electron chi connectivity index (χ3n) is 3.43. The number of hydrogen-bond acceptors (Lipinski definition) is 3. The number of carbonyl (C=O) groups excluding carboxylic acids is 1. The summed E-state index contributed by atoms with van der Waals surface area (Å²) in [4.78, 5) is 12.1. The second-order valence-electron chi connectivity index (χ2n) is 4.76.